The number of nitro benzene ring substituents is 1. The lowest BCUT2D eigenvalue weighted by atomic mass is 10.1. The first kappa shape index (κ1) is 14.8. The molecule has 1 fully saturated rings. The summed E-state index contributed by atoms with van der Waals surface area (Å²) in [5, 5.41) is 19.9. The number of carboxylic acid groups (broad SMARTS) is 1. The van der Waals surface area contributed by atoms with E-state index in [-0.39, 0.29) is 17.0 Å². The van der Waals surface area contributed by atoms with Gasteiger partial charge in [0.15, 0.2) is 5.75 Å². The average molecular weight is 294 g/mol. The maximum Gasteiger partial charge on any atom is 0.326 e. The van der Waals surface area contributed by atoms with Gasteiger partial charge in [-0.05, 0) is 18.9 Å². The number of hydrogen-bond donors (Lipinski definition) is 1. The minimum Gasteiger partial charge on any atom is -0.490 e. The number of nitro groups is 1. The number of rotatable bonds is 4. The van der Waals surface area contributed by atoms with Gasteiger partial charge in [-0.15, -0.1) is 0 Å². The van der Waals surface area contributed by atoms with Crippen LogP contribution in [-0.4, -0.2) is 46.5 Å². The van der Waals surface area contributed by atoms with E-state index in [0.717, 1.165) is 0 Å². The molecule has 1 aromatic carbocycles. The Morgan fingerprint density at radius 1 is 1.48 bits per heavy atom. The molecule has 1 atom stereocenters. The lowest BCUT2D eigenvalue weighted by molar-refractivity contribution is -0.385. The van der Waals surface area contributed by atoms with Crippen LogP contribution in [0.15, 0.2) is 18.2 Å². The van der Waals surface area contributed by atoms with E-state index >= 15 is 0 Å². The summed E-state index contributed by atoms with van der Waals surface area (Å²) in [7, 11) is 1.27. The third-order valence-electron chi connectivity index (χ3n) is 3.42. The topological polar surface area (TPSA) is 110 Å². The van der Waals surface area contributed by atoms with Gasteiger partial charge < -0.3 is 14.7 Å². The third-order valence-corrected chi connectivity index (χ3v) is 3.42. The number of carboxylic acids is 1. The molecular formula is C13H14N2O6. The van der Waals surface area contributed by atoms with Crippen LogP contribution in [0, 0.1) is 10.1 Å². The Balaban J connectivity index is 2.31. The fourth-order valence-corrected chi connectivity index (χ4v) is 2.39. The van der Waals surface area contributed by atoms with Crippen molar-refractivity contribution < 1.29 is 24.4 Å². The first-order chi connectivity index (χ1) is 9.95. The van der Waals surface area contributed by atoms with Crippen molar-refractivity contribution in [1.29, 1.82) is 0 Å². The number of methoxy groups -OCH3 is 1. The molecule has 8 heteroatoms. The van der Waals surface area contributed by atoms with Crippen molar-refractivity contribution in [3.05, 3.63) is 33.9 Å². The molecule has 1 amide bonds. The summed E-state index contributed by atoms with van der Waals surface area (Å²) in [6, 6.07) is 2.90. The molecule has 0 radical (unpaired) electrons. The molecule has 21 heavy (non-hydrogen) atoms. The number of amides is 1. The smallest absolute Gasteiger partial charge is 0.326 e. The molecule has 0 bridgehead atoms. The maximum atomic E-state index is 12.3. The highest BCUT2D eigenvalue weighted by atomic mass is 16.6. The number of carbonyl (C=O) groups excluding carboxylic acids is 1. The predicted molar refractivity (Wildman–Crippen MR) is 71.3 cm³/mol. The zero-order valence-corrected chi connectivity index (χ0v) is 11.3. The number of aliphatic carboxylic acids is 1. The Kier molecular flexibility index (Phi) is 4.06. The number of benzene rings is 1. The van der Waals surface area contributed by atoms with Gasteiger partial charge in [-0.2, -0.15) is 0 Å². The monoisotopic (exact) mass is 294 g/mol. The Labute approximate surface area is 120 Å². The van der Waals surface area contributed by atoms with Gasteiger partial charge in [0.25, 0.3) is 5.91 Å². The van der Waals surface area contributed by atoms with Crippen LogP contribution in [0.5, 0.6) is 5.75 Å². The van der Waals surface area contributed by atoms with Gasteiger partial charge in [0.2, 0.25) is 0 Å². The Bertz CT molecular complexity index is 600. The molecule has 112 valence electrons. The van der Waals surface area contributed by atoms with E-state index in [4.69, 9.17) is 9.84 Å². The van der Waals surface area contributed by atoms with E-state index in [2.05, 4.69) is 0 Å². The van der Waals surface area contributed by atoms with Crippen molar-refractivity contribution in [2.24, 2.45) is 0 Å². The molecular weight excluding hydrogens is 280 g/mol. The average Bonchev–Trinajstić information content (AvgIpc) is 2.95. The van der Waals surface area contributed by atoms with Crippen LogP contribution < -0.4 is 4.74 Å². The largest absolute Gasteiger partial charge is 0.490 e. The zero-order chi connectivity index (χ0) is 15.6. The first-order valence-electron chi connectivity index (χ1n) is 6.32. The Morgan fingerprint density at radius 3 is 2.76 bits per heavy atom. The number of ether oxygens (including phenoxy) is 1. The van der Waals surface area contributed by atoms with E-state index in [9.17, 15) is 19.7 Å². The SMILES string of the molecule is COc1cc(C(=O)N2CCC[C@H]2C(=O)O)ccc1[N+](=O)[O-]. The quantitative estimate of drug-likeness (QED) is 0.662. The van der Waals surface area contributed by atoms with Crippen molar-refractivity contribution in [3.8, 4) is 5.75 Å². The van der Waals surface area contributed by atoms with E-state index in [1.54, 1.807) is 0 Å². The summed E-state index contributed by atoms with van der Waals surface area (Å²) in [5.74, 6) is -1.54. The van der Waals surface area contributed by atoms with Crippen LogP contribution in [0.1, 0.15) is 23.2 Å². The third kappa shape index (κ3) is 2.78. The Hall–Kier alpha value is -2.64. The number of carbonyl (C=O) groups is 2. The van der Waals surface area contributed by atoms with Gasteiger partial charge in [0.05, 0.1) is 12.0 Å². The molecule has 0 saturated carbocycles. The zero-order valence-electron chi connectivity index (χ0n) is 11.3. The fraction of sp³-hybridized carbons (Fsp3) is 0.385. The minimum absolute atomic E-state index is 0.0306. The van der Waals surface area contributed by atoms with Gasteiger partial charge in [0.1, 0.15) is 6.04 Å². The molecule has 0 spiro atoms. The van der Waals surface area contributed by atoms with Crippen LogP contribution in [0.4, 0.5) is 5.69 Å². The van der Waals surface area contributed by atoms with Crippen molar-refractivity contribution in [2.75, 3.05) is 13.7 Å². The summed E-state index contributed by atoms with van der Waals surface area (Å²) in [5.41, 5.74) is -0.0733. The second kappa shape index (κ2) is 5.78. The van der Waals surface area contributed by atoms with Gasteiger partial charge in [-0.25, -0.2) is 4.79 Å². The standard InChI is InChI=1S/C13H14N2O6/c1-21-11-7-8(4-5-9(11)15(19)20)12(16)14-6-2-3-10(14)13(17)18/h4-5,7,10H,2-3,6H2,1H3,(H,17,18)/t10-/m0/s1. The summed E-state index contributed by atoms with van der Waals surface area (Å²) < 4.78 is 4.91. The van der Waals surface area contributed by atoms with Crippen molar-refractivity contribution >= 4 is 17.6 Å². The fourth-order valence-electron chi connectivity index (χ4n) is 2.39. The minimum atomic E-state index is -1.05. The van der Waals surface area contributed by atoms with Gasteiger partial charge in [-0.3, -0.25) is 14.9 Å². The summed E-state index contributed by atoms with van der Waals surface area (Å²) in [6.07, 6.45) is 1.03. The normalized spacial score (nSPS) is 17.6. The summed E-state index contributed by atoms with van der Waals surface area (Å²) >= 11 is 0. The van der Waals surface area contributed by atoms with Crippen LogP contribution >= 0.6 is 0 Å². The van der Waals surface area contributed by atoms with Crippen LogP contribution in [-0.2, 0) is 4.79 Å². The lowest BCUT2D eigenvalue weighted by Gasteiger charge is -2.21. The molecule has 2 rings (SSSR count). The van der Waals surface area contributed by atoms with Crippen molar-refractivity contribution in [2.45, 2.75) is 18.9 Å². The van der Waals surface area contributed by atoms with Crippen LogP contribution in [0.25, 0.3) is 0 Å². The lowest BCUT2D eigenvalue weighted by Crippen LogP contribution is -2.40. The molecule has 1 heterocycles. The van der Waals surface area contributed by atoms with E-state index in [1.165, 1.54) is 30.2 Å². The summed E-state index contributed by atoms with van der Waals surface area (Å²) in [4.78, 5) is 34.9. The highest BCUT2D eigenvalue weighted by Crippen LogP contribution is 2.29. The van der Waals surface area contributed by atoms with Crippen LogP contribution in [0.2, 0.25) is 0 Å². The second-order valence-electron chi connectivity index (χ2n) is 4.64. The molecule has 8 nitrogen and oxygen atoms in total. The second-order valence-corrected chi connectivity index (χ2v) is 4.64. The van der Waals surface area contributed by atoms with E-state index in [1.807, 2.05) is 0 Å². The van der Waals surface area contributed by atoms with E-state index < -0.39 is 22.8 Å². The van der Waals surface area contributed by atoms with E-state index in [0.29, 0.717) is 19.4 Å². The van der Waals surface area contributed by atoms with Gasteiger partial charge in [0, 0.05) is 24.2 Å². The molecule has 1 aliphatic rings. The summed E-state index contributed by atoms with van der Waals surface area (Å²) in [6.45, 7) is 0.356. The molecule has 1 N–H and O–H groups in total. The number of hydrogen-bond acceptors (Lipinski definition) is 5. The molecule has 0 unspecified atom stereocenters. The Morgan fingerprint density at radius 2 is 2.19 bits per heavy atom. The molecule has 0 aromatic heterocycles. The highest BCUT2D eigenvalue weighted by molar-refractivity contribution is 5.97. The first-order valence-corrected chi connectivity index (χ1v) is 6.32. The molecule has 0 aliphatic carbocycles. The highest BCUT2D eigenvalue weighted by Gasteiger charge is 2.34. The van der Waals surface area contributed by atoms with Gasteiger partial charge in [-0.1, -0.05) is 0 Å². The van der Waals surface area contributed by atoms with Crippen molar-refractivity contribution in [3.63, 3.8) is 0 Å². The van der Waals surface area contributed by atoms with Gasteiger partial charge >= 0.3 is 11.7 Å². The molecule has 1 saturated heterocycles. The van der Waals surface area contributed by atoms with Crippen LogP contribution in [0.3, 0.4) is 0 Å². The maximum absolute atomic E-state index is 12.3. The van der Waals surface area contributed by atoms with Crippen molar-refractivity contribution in [1.82, 2.24) is 4.90 Å². The molecule has 1 aliphatic heterocycles. The predicted octanol–water partition coefficient (Wildman–Crippen LogP) is 1.29. The number of nitrogens with zero attached hydrogens (tertiary/aromatic N) is 2. The molecule has 1 aromatic rings. The number of likely N-dealkylation sites (tertiary alicyclic amines) is 1.